The minimum atomic E-state index is -2.56. The molecule has 1 aromatic rings. The summed E-state index contributed by atoms with van der Waals surface area (Å²) < 4.78 is 34.0. The molecular weight excluding hydrogens is 278 g/mol. The van der Waals surface area contributed by atoms with Crippen molar-refractivity contribution in [3.8, 4) is 0 Å². The first kappa shape index (κ1) is 14.8. The zero-order chi connectivity index (χ0) is 15.1. The summed E-state index contributed by atoms with van der Waals surface area (Å²) in [4.78, 5) is 0. The lowest BCUT2D eigenvalue weighted by molar-refractivity contribution is 0.0666. The Labute approximate surface area is 123 Å². The molecule has 2 fully saturated rings. The Balaban J connectivity index is 1.43. The molecule has 3 rings (SSSR count). The molecule has 0 amide bonds. The predicted octanol–water partition coefficient (Wildman–Crippen LogP) is 1.70. The van der Waals surface area contributed by atoms with E-state index in [2.05, 4.69) is 15.6 Å². The summed E-state index contributed by atoms with van der Waals surface area (Å²) in [6, 6.07) is 0. The molecule has 1 saturated carbocycles. The molecule has 2 heterocycles. The van der Waals surface area contributed by atoms with Crippen molar-refractivity contribution in [2.75, 3.05) is 19.8 Å². The SMILES string of the molecule is CC1(C)C(CNCc2cn(CC3CCOC3)nn2)C1(F)F. The van der Waals surface area contributed by atoms with Crippen LogP contribution in [0, 0.1) is 17.3 Å². The van der Waals surface area contributed by atoms with E-state index in [0.717, 1.165) is 31.9 Å². The number of nitrogens with zero attached hydrogens (tertiary/aromatic N) is 3. The quantitative estimate of drug-likeness (QED) is 0.869. The third-order valence-electron chi connectivity index (χ3n) is 4.79. The third-order valence-corrected chi connectivity index (χ3v) is 4.79. The van der Waals surface area contributed by atoms with Gasteiger partial charge in [0.1, 0.15) is 0 Å². The van der Waals surface area contributed by atoms with Gasteiger partial charge in [0, 0.05) is 49.7 Å². The van der Waals surface area contributed by atoms with Gasteiger partial charge in [-0.25, -0.2) is 8.78 Å². The summed E-state index contributed by atoms with van der Waals surface area (Å²) in [5.41, 5.74) is -0.101. The van der Waals surface area contributed by atoms with E-state index in [1.807, 2.05) is 10.9 Å². The number of nitrogens with one attached hydrogen (secondary N) is 1. The number of alkyl halides is 2. The summed E-state index contributed by atoms with van der Waals surface area (Å²) in [6.45, 7) is 6.41. The zero-order valence-corrected chi connectivity index (χ0v) is 12.5. The average Bonchev–Trinajstić information content (AvgIpc) is 2.94. The second-order valence-electron chi connectivity index (χ2n) is 6.69. The first-order valence-electron chi connectivity index (χ1n) is 7.46. The molecule has 1 aromatic heterocycles. The minimum absolute atomic E-state index is 0.309. The van der Waals surface area contributed by atoms with Crippen LogP contribution >= 0.6 is 0 Å². The third kappa shape index (κ3) is 2.81. The highest BCUT2D eigenvalue weighted by atomic mass is 19.3. The molecule has 0 aromatic carbocycles. The normalized spacial score (nSPS) is 29.7. The van der Waals surface area contributed by atoms with Crippen molar-refractivity contribution in [3.05, 3.63) is 11.9 Å². The molecule has 21 heavy (non-hydrogen) atoms. The molecule has 2 unspecified atom stereocenters. The lowest BCUT2D eigenvalue weighted by Gasteiger charge is -2.05. The van der Waals surface area contributed by atoms with Crippen LogP contribution < -0.4 is 5.32 Å². The van der Waals surface area contributed by atoms with Gasteiger partial charge in [-0.1, -0.05) is 19.1 Å². The van der Waals surface area contributed by atoms with Gasteiger partial charge in [-0.15, -0.1) is 5.10 Å². The molecule has 1 aliphatic carbocycles. The van der Waals surface area contributed by atoms with Crippen LogP contribution in [0.5, 0.6) is 0 Å². The topological polar surface area (TPSA) is 52.0 Å². The van der Waals surface area contributed by atoms with Gasteiger partial charge in [-0.2, -0.15) is 0 Å². The van der Waals surface area contributed by atoms with Gasteiger partial charge in [0.05, 0.1) is 12.3 Å². The second-order valence-corrected chi connectivity index (χ2v) is 6.69. The average molecular weight is 300 g/mol. The van der Waals surface area contributed by atoms with Crippen molar-refractivity contribution in [3.63, 3.8) is 0 Å². The summed E-state index contributed by atoms with van der Waals surface area (Å²) in [6.07, 6.45) is 2.93. The first-order chi connectivity index (χ1) is 9.91. The van der Waals surface area contributed by atoms with E-state index in [-0.39, 0.29) is 0 Å². The van der Waals surface area contributed by atoms with E-state index >= 15 is 0 Å². The fraction of sp³-hybridized carbons (Fsp3) is 0.857. The Morgan fingerprint density at radius 2 is 2.24 bits per heavy atom. The number of halogens is 2. The highest BCUT2D eigenvalue weighted by Gasteiger charge is 2.74. The Kier molecular flexibility index (Phi) is 3.73. The molecule has 0 radical (unpaired) electrons. The van der Waals surface area contributed by atoms with Crippen LogP contribution in [0.15, 0.2) is 6.20 Å². The lowest BCUT2D eigenvalue weighted by atomic mass is 10.1. The predicted molar refractivity (Wildman–Crippen MR) is 72.9 cm³/mol. The summed E-state index contributed by atoms with van der Waals surface area (Å²) in [5, 5.41) is 11.2. The zero-order valence-electron chi connectivity index (χ0n) is 12.5. The molecule has 1 aliphatic heterocycles. The van der Waals surface area contributed by atoms with E-state index in [9.17, 15) is 8.78 Å². The lowest BCUT2D eigenvalue weighted by Crippen LogP contribution is -2.19. The van der Waals surface area contributed by atoms with Crippen LogP contribution in [0.2, 0.25) is 0 Å². The fourth-order valence-corrected chi connectivity index (χ4v) is 2.99. The van der Waals surface area contributed by atoms with Crippen molar-refractivity contribution in [2.24, 2.45) is 17.3 Å². The van der Waals surface area contributed by atoms with Gasteiger partial charge in [-0.05, 0) is 6.42 Å². The van der Waals surface area contributed by atoms with Crippen molar-refractivity contribution in [1.29, 1.82) is 0 Å². The fourth-order valence-electron chi connectivity index (χ4n) is 2.99. The molecule has 2 atom stereocenters. The van der Waals surface area contributed by atoms with Gasteiger partial charge in [0.15, 0.2) is 0 Å². The van der Waals surface area contributed by atoms with Gasteiger partial charge in [0.2, 0.25) is 0 Å². The van der Waals surface area contributed by atoms with Crippen LogP contribution in [-0.4, -0.2) is 40.7 Å². The molecule has 7 heteroatoms. The van der Waals surface area contributed by atoms with Crippen LogP contribution in [0.3, 0.4) is 0 Å². The van der Waals surface area contributed by atoms with Crippen molar-refractivity contribution >= 4 is 0 Å². The highest BCUT2D eigenvalue weighted by molar-refractivity contribution is 5.13. The van der Waals surface area contributed by atoms with E-state index in [4.69, 9.17) is 4.74 Å². The Hall–Kier alpha value is -1.08. The molecular formula is C14H22F2N4O. The van der Waals surface area contributed by atoms with E-state index < -0.39 is 17.3 Å². The van der Waals surface area contributed by atoms with E-state index in [1.54, 1.807) is 13.8 Å². The molecule has 118 valence electrons. The van der Waals surface area contributed by atoms with Gasteiger partial charge >= 0.3 is 0 Å². The van der Waals surface area contributed by atoms with E-state index in [1.165, 1.54) is 0 Å². The van der Waals surface area contributed by atoms with Crippen molar-refractivity contribution in [2.45, 2.75) is 39.3 Å². The number of hydrogen-bond donors (Lipinski definition) is 1. The van der Waals surface area contributed by atoms with Crippen molar-refractivity contribution < 1.29 is 13.5 Å². The number of rotatable bonds is 6. The minimum Gasteiger partial charge on any atom is -0.381 e. The van der Waals surface area contributed by atoms with Crippen LogP contribution in [0.25, 0.3) is 0 Å². The summed E-state index contributed by atoms with van der Waals surface area (Å²) >= 11 is 0. The van der Waals surface area contributed by atoms with E-state index in [0.29, 0.717) is 19.0 Å². The Bertz CT molecular complexity index is 483. The first-order valence-corrected chi connectivity index (χ1v) is 7.46. The van der Waals surface area contributed by atoms with Crippen LogP contribution in [0.4, 0.5) is 8.78 Å². The highest BCUT2D eigenvalue weighted by Crippen LogP contribution is 2.65. The molecule has 1 N–H and O–H groups in total. The van der Waals surface area contributed by atoms with Gasteiger partial charge < -0.3 is 10.1 Å². The van der Waals surface area contributed by atoms with Gasteiger partial charge in [0.25, 0.3) is 5.92 Å². The molecule has 1 saturated heterocycles. The number of aromatic nitrogens is 3. The largest absolute Gasteiger partial charge is 0.381 e. The summed E-state index contributed by atoms with van der Waals surface area (Å²) in [7, 11) is 0. The van der Waals surface area contributed by atoms with Crippen LogP contribution in [-0.2, 0) is 17.8 Å². The van der Waals surface area contributed by atoms with Crippen molar-refractivity contribution in [1.82, 2.24) is 20.3 Å². The maximum absolute atomic E-state index is 13.4. The summed E-state index contributed by atoms with van der Waals surface area (Å²) in [5.74, 6) is -2.64. The standard InChI is InChI=1S/C14H22F2N4O/c1-13(2)12(14(13,15)16)6-17-5-11-8-20(19-18-11)7-10-3-4-21-9-10/h8,10,12,17H,3-7,9H2,1-2H3. The monoisotopic (exact) mass is 300 g/mol. The molecule has 2 aliphatic rings. The Morgan fingerprint density at radius 3 is 2.86 bits per heavy atom. The smallest absolute Gasteiger partial charge is 0.258 e. The molecule has 0 spiro atoms. The van der Waals surface area contributed by atoms with Crippen LogP contribution in [0.1, 0.15) is 26.0 Å². The van der Waals surface area contributed by atoms with Gasteiger partial charge in [-0.3, -0.25) is 4.68 Å². The molecule has 0 bridgehead atoms. The Morgan fingerprint density at radius 1 is 1.48 bits per heavy atom. The molecule has 5 nitrogen and oxygen atoms in total. The maximum atomic E-state index is 13.4. The maximum Gasteiger partial charge on any atom is 0.258 e. The second kappa shape index (κ2) is 5.28. The number of ether oxygens (including phenoxy) is 1. The number of hydrogen-bond acceptors (Lipinski definition) is 4.